The molecule has 0 radical (unpaired) electrons. The molecule has 1 aliphatic heterocycles. The van der Waals surface area contributed by atoms with Gasteiger partial charge in [-0.05, 0) is 30.5 Å². The molecule has 1 saturated heterocycles. The lowest BCUT2D eigenvalue weighted by molar-refractivity contribution is -0.170. The zero-order chi connectivity index (χ0) is 19.7. The molecule has 2 aromatic rings. The quantitative estimate of drug-likeness (QED) is 0.742. The van der Waals surface area contributed by atoms with E-state index in [0.29, 0.717) is 6.54 Å². The highest BCUT2D eigenvalue weighted by Gasteiger charge is 2.48. The molecule has 4 rings (SSSR count). The van der Waals surface area contributed by atoms with Gasteiger partial charge in [0.15, 0.2) is 6.10 Å². The zero-order valence-electron chi connectivity index (χ0n) is 15.9. The number of thiazole rings is 1. The van der Waals surface area contributed by atoms with E-state index >= 15 is 0 Å². The number of aromatic nitrogens is 1. The Kier molecular flexibility index (Phi) is 5.32. The van der Waals surface area contributed by atoms with Crippen LogP contribution in [0, 0.1) is 0 Å². The molecule has 0 unspecified atom stereocenters. The average Bonchev–Trinajstić information content (AvgIpc) is 3.43. The van der Waals surface area contributed by atoms with E-state index in [4.69, 9.17) is 9.47 Å². The molecule has 0 bridgehead atoms. The summed E-state index contributed by atoms with van der Waals surface area (Å²) in [6.45, 7) is 0.355. The molecular formula is C20H23N3O4S. The second-order valence-electron chi connectivity index (χ2n) is 7.10. The van der Waals surface area contributed by atoms with Crippen molar-refractivity contribution in [1.29, 1.82) is 0 Å². The van der Waals surface area contributed by atoms with Gasteiger partial charge < -0.3 is 19.3 Å². The third kappa shape index (κ3) is 3.74. The maximum absolute atomic E-state index is 13.2. The summed E-state index contributed by atoms with van der Waals surface area (Å²) in [5.74, 6) is 0.526. The van der Waals surface area contributed by atoms with Gasteiger partial charge in [-0.1, -0.05) is 12.1 Å². The van der Waals surface area contributed by atoms with Crippen LogP contribution in [0.25, 0.3) is 0 Å². The van der Waals surface area contributed by atoms with Crippen LogP contribution in [-0.2, 0) is 20.9 Å². The van der Waals surface area contributed by atoms with Crippen molar-refractivity contribution in [3.63, 3.8) is 0 Å². The Balaban J connectivity index is 1.62. The number of carbonyl (C=O) groups is 2. The van der Waals surface area contributed by atoms with E-state index in [2.05, 4.69) is 4.98 Å². The van der Waals surface area contributed by atoms with Gasteiger partial charge in [0.2, 0.25) is 5.91 Å². The predicted molar refractivity (Wildman–Crippen MR) is 104 cm³/mol. The first-order valence-corrected chi connectivity index (χ1v) is 10.2. The number of benzene rings is 1. The Morgan fingerprint density at radius 1 is 1.36 bits per heavy atom. The molecule has 1 aromatic heterocycles. The van der Waals surface area contributed by atoms with E-state index in [1.54, 1.807) is 25.3 Å². The molecule has 2 atom stereocenters. The lowest BCUT2D eigenvalue weighted by Crippen LogP contribution is -2.55. The highest BCUT2D eigenvalue weighted by atomic mass is 32.1. The van der Waals surface area contributed by atoms with Gasteiger partial charge >= 0.3 is 0 Å². The number of methoxy groups -OCH3 is 1. The van der Waals surface area contributed by atoms with E-state index in [0.717, 1.165) is 29.2 Å². The van der Waals surface area contributed by atoms with E-state index in [9.17, 15) is 9.59 Å². The minimum absolute atomic E-state index is 0.0602. The summed E-state index contributed by atoms with van der Waals surface area (Å²) >= 11 is 1.51. The fraction of sp³-hybridized carbons (Fsp3) is 0.450. The minimum Gasteiger partial charge on any atom is -0.497 e. The number of nitrogens with zero attached hydrogens (tertiary/aromatic N) is 3. The Bertz CT molecular complexity index is 836. The third-order valence-corrected chi connectivity index (χ3v) is 5.90. The predicted octanol–water partition coefficient (Wildman–Crippen LogP) is 2.24. The number of rotatable bonds is 6. The summed E-state index contributed by atoms with van der Waals surface area (Å²) < 4.78 is 11.0. The first-order chi connectivity index (χ1) is 13.6. The van der Waals surface area contributed by atoms with Crippen molar-refractivity contribution in [3.8, 4) is 5.75 Å². The molecule has 148 valence electrons. The number of carbonyl (C=O) groups excluding carboxylic acids is 2. The van der Waals surface area contributed by atoms with E-state index < -0.39 is 12.1 Å². The molecule has 7 nitrogen and oxygen atoms in total. The van der Waals surface area contributed by atoms with Gasteiger partial charge in [0.25, 0.3) is 5.91 Å². The first kappa shape index (κ1) is 18.9. The van der Waals surface area contributed by atoms with Crippen LogP contribution in [0.2, 0.25) is 0 Å². The molecule has 1 saturated carbocycles. The van der Waals surface area contributed by atoms with Crippen LogP contribution >= 0.6 is 11.3 Å². The second-order valence-corrected chi connectivity index (χ2v) is 8.08. The summed E-state index contributed by atoms with van der Waals surface area (Å²) in [5.41, 5.74) is 0.877. The smallest absolute Gasteiger partial charge is 0.254 e. The largest absolute Gasteiger partial charge is 0.497 e. The van der Waals surface area contributed by atoms with E-state index in [-0.39, 0.29) is 24.5 Å². The fourth-order valence-corrected chi connectivity index (χ4v) is 4.25. The van der Waals surface area contributed by atoms with Crippen molar-refractivity contribution in [2.24, 2.45) is 0 Å². The van der Waals surface area contributed by atoms with Gasteiger partial charge in [0.05, 0.1) is 19.7 Å². The Morgan fingerprint density at radius 3 is 2.71 bits per heavy atom. The van der Waals surface area contributed by atoms with E-state index in [1.807, 2.05) is 34.5 Å². The average molecular weight is 401 g/mol. The summed E-state index contributed by atoms with van der Waals surface area (Å²) in [6.07, 6.45) is 2.92. The standard InChI is InChI=1S/C20H23N3O4S/c1-22(11-16-21-9-10-28-16)20(25)19-18(13-3-7-15(26-2)8-4-13)23(14-5-6-14)17(24)12-27-19/h3-4,7-10,14,18-19H,5-6,11-12H2,1-2H3/t18-,19+/m1/s1. The fourth-order valence-electron chi connectivity index (χ4n) is 3.58. The Hall–Kier alpha value is -2.45. The number of hydrogen-bond donors (Lipinski definition) is 0. The van der Waals surface area contributed by atoms with Crippen LogP contribution in [0.4, 0.5) is 0 Å². The number of amides is 2. The molecule has 28 heavy (non-hydrogen) atoms. The lowest BCUT2D eigenvalue weighted by Gasteiger charge is -2.41. The van der Waals surface area contributed by atoms with Crippen LogP contribution in [0.1, 0.15) is 29.5 Å². The Labute approximate surface area is 167 Å². The van der Waals surface area contributed by atoms with E-state index in [1.165, 1.54) is 11.3 Å². The summed E-state index contributed by atoms with van der Waals surface area (Å²) in [7, 11) is 3.36. The van der Waals surface area contributed by atoms with Gasteiger partial charge in [-0.2, -0.15) is 0 Å². The van der Waals surface area contributed by atoms with Gasteiger partial charge in [-0.3, -0.25) is 9.59 Å². The normalized spacial score (nSPS) is 22.2. The SMILES string of the molecule is COc1ccc([C@@H]2[C@@H](C(=O)N(C)Cc3nccs3)OCC(=O)N2C2CC2)cc1. The highest BCUT2D eigenvalue weighted by molar-refractivity contribution is 7.09. The Morgan fingerprint density at radius 2 is 2.11 bits per heavy atom. The highest BCUT2D eigenvalue weighted by Crippen LogP contribution is 2.40. The molecule has 2 aliphatic rings. The van der Waals surface area contributed by atoms with Crippen LogP contribution in [-0.4, -0.2) is 59.5 Å². The van der Waals surface area contributed by atoms with Gasteiger partial charge in [-0.25, -0.2) is 4.98 Å². The van der Waals surface area contributed by atoms with Crippen molar-refractivity contribution in [1.82, 2.24) is 14.8 Å². The van der Waals surface area contributed by atoms with Crippen LogP contribution < -0.4 is 4.74 Å². The number of ether oxygens (including phenoxy) is 2. The van der Waals surface area contributed by atoms with Crippen molar-refractivity contribution in [2.75, 3.05) is 20.8 Å². The topological polar surface area (TPSA) is 72.0 Å². The van der Waals surface area contributed by atoms with Gasteiger partial charge in [0, 0.05) is 24.7 Å². The van der Waals surface area contributed by atoms with Gasteiger partial charge in [-0.15, -0.1) is 11.3 Å². The minimum atomic E-state index is -0.739. The summed E-state index contributed by atoms with van der Waals surface area (Å²) in [4.78, 5) is 33.6. The molecule has 0 spiro atoms. The maximum Gasteiger partial charge on any atom is 0.254 e. The maximum atomic E-state index is 13.2. The van der Waals surface area contributed by atoms with Crippen molar-refractivity contribution in [3.05, 3.63) is 46.4 Å². The third-order valence-electron chi connectivity index (χ3n) is 5.13. The molecule has 2 heterocycles. The van der Waals surface area contributed by atoms with Crippen molar-refractivity contribution < 1.29 is 19.1 Å². The first-order valence-electron chi connectivity index (χ1n) is 9.28. The lowest BCUT2D eigenvalue weighted by atomic mass is 9.96. The molecular weight excluding hydrogens is 378 g/mol. The molecule has 1 aromatic carbocycles. The summed E-state index contributed by atoms with van der Waals surface area (Å²) in [5, 5.41) is 2.75. The summed E-state index contributed by atoms with van der Waals surface area (Å²) in [6, 6.07) is 7.25. The molecule has 2 amide bonds. The second kappa shape index (κ2) is 7.89. The number of likely N-dealkylation sites (N-methyl/N-ethyl adjacent to an activating group) is 1. The monoisotopic (exact) mass is 401 g/mol. The number of hydrogen-bond acceptors (Lipinski definition) is 6. The van der Waals surface area contributed by atoms with Crippen LogP contribution in [0.5, 0.6) is 5.75 Å². The zero-order valence-corrected chi connectivity index (χ0v) is 16.7. The van der Waals surface area contributed by atoms with Crippen LogP contribution in [0.15, 0.2) is 35.8 Å². The van der Waals surface area contributed by atoms with Gasteiger partial charge in [0.1, 0.15) is 17.4 Å². The van der Waals surface area contributed by atoms with Crippen molar-refractivity contribution >= 4 is 23.2 Å². The molecule has 2 fully saturated rings. The van der Waals surface area contributed by atoms with Crippen molar-refractivity contribution in [2.45, 2.75) is 37.6 Å². The molecule has 0 N–H and O–H groups in total. The molecule has 1 aliphatic carbocycles. The number of morpholine rings is 1. The van der Waals surface area contributed by atoms with Crippen LogP contribution in [0.3, 0.4) is 0 Å². The molecule has 8 heteroatoms.